The van der Waals surface area contributed by atoms with Gasteiger partial charge in [-0.15, -0.1) is 4.73 Å². The maximum Gasteiger partial charge on any atom is 0.285 e. The summed E-state index contributed by atoms with van der Waals surface area (Å²) >= 11 is 0. The molecule has 31 heavy (non-hydrogen) atoms. The van der Waals surface area contributed by atoms with Gasteiger partial charge in [0.15, 0.2) is 5.65 Å². The van der Waals surface area contributed by atoms with Crippen LogP contribution >= 0.6 is 0 Å². The van der Waals surface area contributed by atoms with Crippen molar-refractivity contribution in [2.75, 3.05) is 43.4 Å². The third kappa shape index (κ3) is 4.25. The Morgan fingerprint density at radius 2 is 1.87 bits per heavy atom. The van der Waals surface area contributed by atoms with Crippen molar-refractivity contribution in [2.45, 2.75) is 18.9 Å². The molecule has 1 unspecified atom stereocenters. The molecule has 3 heterocycles. The van der Waals surface area contributed by atoms with E-state index in [0.29, 0.717) is 11.6 Å². The van der Waals surface area contributed by atoms with Gasteiger partial charge in [-0.2, -0.15) is 4.98 Å². The van der Waals surface area contributed by atoms with Crippen molar-refractivity contribution in [3.05, 3.63) is 65.1 Å². The molecule has 1 aromatic carbocycles. The van der Waals surface area contributed by atoms with Crippen molar-refractivity contribution in [1.29, 1.82) is 0 Å². The Morgan fingerprint density at radius 1 is 1.06 bits per heavy atom. The molecule has 1 saturated heterocycles. The second kappa shape index (κ2) is 8.39. The number of rotatable bonds is 5. The molecule has 5 rings (SSSR count). The number of anilines is 3. The lowest BCUT2D eigenvalue weighted by atomic mass is 10.2. The third-order valence-electron chi connectivity index (χ3n) is 5.80. The fraction of sp³-hybridized carbons (Fsp3) is 0.348. The molecule has 0 radical (unpaired) electrons. The highest BCUT2D eigenvalue weighted by Gasteiger charge is 2.16. The molecular weight excluding hydrogens is 392 g/mol. The number of fused-ring (bicyclic) bond motifs is 1. The Kier molecular flexibility index (Phi) is 5.30. The summed E-state index contributed by atoms with van der Waals surface area (Å²) in [5.74, 6) is 0.421. The van der Waals surface area contributed by atoms with Crippen LogP contribution in [0.3, 0.4) is 0 Å². The lowest BCUT2D eigenvalue weighted by Crippen LogP contribution is -2.44. The zero-order valence-corrected chi connectivity index (χ0v) is 17.6. The Labute approximate surface area is 180 Å². The highest BCUT2D eigenvalue weighted by Crippen LogP contribution is 2.22. The SMILES string of the molecule is CN1CCN(c2ccc(Nc3ncc4ccc(=O)n(OC5C=CCC5)c4n3)cc2)CC1. The maximum atomic E-state index is 12.4. The average molecular weight is 419 g/mol. The quantitative estimate of drug-likeness (QED) is 0.638. The molecule has 2 aromatic heterocycles. The summed E-state index contributed by atoms with van der Waals surface area (Å²) in [6, 6.07) is 11.5. The number of hydrogen-bond acceptors (Lipinski definition) is 7. The first-order chi connectivity index (χ1) is 15.2. The van der Waals surface area contributed by atoms with E-state index in [9.17, 15) is 4.79 Å². The van der Waals surface area contributed by atoms with Gasteiger partial charge < -0.3 is 20.0 Å². The van der Waals surface area contributed by atoms with Crippen LogP contribution in [0, 0.1) is 0 Å². The maximum absolute atomic E-state index is 12.4. The summed E-state index contributed by atoms with van der Waals surface area (Å²) in [6.07, 6.45) is 7.45. The molecule has 0 bridgehead atoms. The van der Waals surface area contributed by atoms with Gasteiger partial charge in [0.25, 0.3) is 5.56 Å². The minimum absolute atomic E-state index is 0.114. The summed E-state index contributed by atoms with van der Waals surface area (Å²) in [6.45, 7) is 4.21. The summed E-state index contributed by atoms with van der Waals surface area (Å²) in [4.78, 5) is 32.0. The first-order valence-electron chi connectivity index (χ1n) is 10.7. The van der Waals surface area contributed by atoms with Crippen LogP contribution in [0.4, 0.5) is 17.3 Å². The fourth-order valence-electron chi connectivity index (χ4n) is 3.93. The number of aromatic nitrogens is 3. The van der Waals surface area contributed by atoms with Crippen LogP contribution in [0.15, 0.2) is 59.5 Å². The largest absolute Gasteiger partial charge is 0.401 e. The van der Waals surface area contributed by atoms with Crippen molar-refractivity contribution >= 4 is 28.4 Å². The molecule has 3 aromatic rings. The smallest absolute Gasteiger partial charge is 0.285 e. The Hall–Kier alpha value is -3.39. The highest BCUT2D eigenvalue weighted by atomic mass is 16.7. The van der Waals surface area contributed by atoms with Crippen LogP contribution in [0.1, 0.15) is 12.8 Å². The van der Waals surface area contributed by atoms with E-state index >= 15 is 0 Å². The number of allylic oxidation sites excluding steroid dienone is 1. The summed E-state index contributed by atoms with van der Waals surface area (Å²) in [7, 11) is 2.16. The van der Waals surface area contributed by atoms with E-state index in [0.717, 1.165) is 50.1 Å². The van der Waals surface area contributed by atoms with Crippen molar-refractivity contribution in [1.82, 2.24) is 19.6 Å². The molecule has 1 N–H and O–H groups in total. The summed E-state index contributed by atoms with van der Waals surface area (Å²) in [5, 5.41) is 3.99. The van der Waals surface area contributed by atoms with E-state index in [-0.39, 0.29) is 11.7 Å². The second-order valence-electron chi connectivity index (χ2n) is 8.05. The Balaban J connectivity index is 1.36. The molecule has 2 aliphatic rings. The van der Waals surface area contributed by atoms with Crippen molar-refractivity contribution in [2.24, 2.45) is 0 Å². The lowest BCUT2D eigenvalue weighted by Gasteiger charge is -2.34. The minimum atomic E-state index is -0.242. The number of nitrogens with zero attached hydrogens (tertiary/aromatic N) is 5. The molecule has 1 aliphatic carbocycles. The van der Waals surface area contributed by atoms with E-state index in [1.54, 1.807) is 12.3 Å². The predicted molar refractivity (Wildman–Crippen MR) is 122 cm³/mol. The van der Waals surface area contributed by atoms with Crippen LogP contribution in [0.5, 0.6) is 0 Å². The molecule has 160 valence electrons. The topological polar surface area (TPSA) is 75.5 Å². The van der Waals surface area contributed by atoms with E-state index in [1.165, 1.54) is 16.5 Å². The van der Waals surface area contributed by atoms with E-state index < -0.39 is 0 Å². The Morgan fingerprint density at radius 3 is 2.61 bits per heavy atom. The van der Waals surface area contributed by atoms with Gasteiger partial charge in [0.1, 0.15) is 6.10 Å². The van der Waals surface area contributed by atoms with Gasteiger partial charge in [-0.1, -0.05) is 6.08 Å². The van der Waals surface area contributed by atoms with E-state index in [2.05, 4.69) is 50.3 Å². The highest BCUT2D eigenvalue weighted by molar-refractivity contribution is 5.75. The first kappa shape index (κ1) is 19.6. The van der Waals surface area contributed by atoms with Gasteiger partial charge in [-0.3, -0.25) is 4.79 Å². The van der Waals surface area contributed by atoms with Crippen LogP contribution in [0.25, 0.3) is 11.0 Å². The molecular formula is C23H26N6O2. The number of nitrogens with one attached hydrogen (secondary N) is 1. The summed E-state index contributed by atoms with van der Waals surface area (Å²) in [5.41, 5.74) is 2.32. The van der Waals surface area contributed by atoms with Gasteiger partial charge in [-0.25, -0.2) is 4.98 Å². The molecule has 1 atom stereocenters. The van der Waals surface area contributed by atoms with Crippen LogP contribution in [-0.2, 0) is 0 Å². The van der Waals surface area contributed by atoms with Gasteiger partial charge >= 0.3 is 0 Å². The van der Waals surface area contributed by atoms with Gasteiger partial charge in [0.05, 0.1) is 0 Å². The number of likely N-dealkylation sites (N-methyl/N-ethyl adjacent to an activating group) is 1. The third-order valence-corrected chi connectivity index (χ3v) is 5.80. The zero-order chi connectivity index (χ0) is 21.2. The lowest BCUT2D eigenvalue weighted by molar-refractivity contribution is 0.0665. The number of benzene rings is 1. The number of piperazine rings is 1. The normalized spacial score (nSPS) is 19.1. The van der Waals surface area contributed by atoms with Gasteiger partial charge in [-0.05, 0) is 56.3 Å². The van der Waals surface area contributed by atoms with E-state index in [1.807, 2.05) is 18.2 Å². The van der Waals surface area contributed by atoms with Crippen LogP contribution < -0.4 is 20.6 Å². The summed E-state index contributed by atoms with van der Waals surface area (Å²) < 4.78 is 1.28. The second-order valence-corrected chi connectivity index (χ2v) is 8.05. The predicted octanol–water partition coefficient (Wildman–Crippen LogP) is 2.43. The minimum Gasteiger partial charge on any atom is -0.401 e. The van der Waals surface area contributed by atoms with Crippen LogP contribution in [0.2, 0.25) is 0 Å². The average Bonchev–Trinajstić information content (AvgIpc) is 3.30. The van der Waals surface area contributed by atoms with Crippen molar-refractivity contribution < 1.29 is 4.84 Å². The Bertz CT molecular complexity index is 1150. The van der Waals surface area contributed by atoms with Gasteiger partial charge in [0.2, 0.25) is 5.95 Å². The van der Waals surface area contributed by atoms with Gasteiger partial charge in [0, 0.05) is 55.2 Å². The molecule has 1 fully saturated rings. The number of pyridine rings is 1. The first-order valence-corrected chi connectivity index (χ1v) is 10.7. The standard InChI is InChI=1S/C23H26N6O2/c1-27-12-14-28(15-13-27)19-9-7-18(8-10-19)25-23-24-16-17-6-11-21(30)29(22(17)26-23)31-20-4-2-3-5-20/h2,4,6-11,16,20H,3,5,12-15H2,1H3,(H,24,25,26). The van der Waals surface area contributed by atoms with E-state index in [4.69, 9.17) is 4.84 Å². The number of hydrogen-bond donors (Lipinski definition) is 1. The monoisotopic (exact) mass is 418 g/mol. The zero-order valence-electron chi connectivity index (χ0n) is 17.6. The molecule has 1 aliphatic heterocycles. The van der Waals surface area contributed by atoms with Crippen molar-refractivity contribution in [3.63, 3.8) is 0 Å². The molecule has 8 heteroatoms. The molecule has 0 saturated carbocycles. The molecule has 0 spiro atoms. The van der Waals surface area contributed by atoms with Crippen LogP contribution in [-0.4, -0.2) is 58.9 Å². The fourth-order valence-corrected chi connectivity index (χ4v) is 3.93. The molecule has 0 amide bonds. The van der Waals surface area contributed by atoms with Crippen molar-refractivity contribution in [3.8, 4) is 0 Å². The molecule has 8 nitrogen and oxygen atoms in total.